The number of hydrogen-bond donors (Lipinski definition) is 0. The minimum Gasteiger partial charge on any atom is -0.469 e. The van der Waals surface area contributed by atoms with Crippen LogP contribution in [-0.2, 0) is 9.53 Å². The van der Waals surface area contributed by atoms with E-state index in [4.69, 9.17) is 11.6 Å². The van der Waals surface area contributed by atoms with Crippen molar-refractivity contribution in [2.45, 2.75) is 31.7 Å². The van der Waals surface area contributed by atoms with Gasteiger partial charge in [-0.1, -0.05) is 11.6 Å². The Morgan fingerprint density at radius 1 is 1.50 bits per heavy atom. The van der Waals surface area contributed by atoms with Crippen molar-refractivity contribution in [2.24, 2.45) is 0 Å². The number of carbonyl (C=O) groups excluding carboxylic acids is 2. The van der Waals surface area contributed by atoms with E-state index < -0.39 is 0 Å². The van der Waals surface area contributed by atoms with E-state index in [-0.39, 0.29) is 11.9 Å². The third-order valence-corrected chi connectivity index (χ3v) is 3.63. The van der Waals surface area contributed by atoms with Crippen LogP contribution in [0.25, 0.3) is 0 Å². The van der Waals surface area contributed by atoms with Crippen molar-refractivity contribution in [3.8, 4) is 0 Å². The Hall–Kier alpha value is -1.49. The van der Waals surface area contributed by atoms with E-state index in [9.17, 15) is 9.59 Å². The third kappa shape index (κ3) is 3.54. The molecule has 0 aliphatic heterocycles. The number of amides is 1. The normalized spacial score (nSPS) is 14.2. The van der Waals surface area contributed by atoms with Crippen LogP contribution in [0, 0.1) is 0 Å². The number of rotatable bonds is 6. The molecule has 110 valence electrons. The molecule has 1 heterocycles. The zero-order chi connectivity index (χ0) is 14.7. The molecule has 1 aliphatic rings. The maximum absolute atomic E-state index is 12.4. The maximum Gasteiger partial charge on any atom is 0.305 e. The summed E-state index contributed by atoms with van der Waals surface area (Å²) in [5.41, 5.74) is 0.623. The van der Waals surface area contributed by atoms with Gasteiger partial charge in [0, 0.05) is 32.3 Å². The van der Waals surface area contributed by atoms with Crippen LogP contribution in [0.1, 0.15) is 42.2 Å². The SMILES string of the molecule is COC(=O)CCCN(C)C(=O)c1cc(Cl)cn1C1CC1. The van der Waals surface area contributed by atoms with Crippen molar-refractivity contribution in [2.75, 3.05) is 20.7 Å². The lowest BCUT2D eigenvalue weighted by Crippen LogP contribution is -2.29. The van der Waals surface area contributed by atoms with E-state index in [1.807, 2.05) is 10.8 Å². The number of methoxy groups -OCH3 is 1. The first-order valence-corrected chi connectivity index (χ1v) is 7.10. The summed E-state index contributed by atoms with van der Waals surface area (Å²) in [5, 5.41) is 0.586. The zero-order valence-electron chi connectivity index (χ0n) is 11.8. The van der Waals surface area contributed by atoms with Gasteiger partial charge in [0.25, 0.3) is 5.91 Å². The van der Waals surface area contributed by atoms with Gasteiger partial charge in [-0.2, -0.15) is 0 Å². The predicted molar refractivity (Wildman–Crippen MR) is 75.9 cm³/mol. The molecule has 0 unspecified atom stereocenters. The van der Waals surface area contributed by atoms with Gasteiger partial charge >= 0.3 is 5.97 Å². The van der Waals surface area contributed by atoms with E-state index in [1.165, 1.54) is 7.11 Å². The quantitative estimate of drug-likeness (QED) is 0.758. The summed E-state index contributed by atoms with van der Waals surface area (Å²) in [7, 11) is 3.10. The molecule has 20 heavy (non-hydrogen) atoms. The fourth-order valence-electron chi connectivity index (χ4n) is 2.13. The van der Waals surface area contributed by atoms with Crippen LogP contribution in [0.3, 0.4) is 0 Å². The molecule has 0 spiro atoms. The first-order chi connectivity index (χ1) is 9.52. The van der Waals surface area contributed by atoms with Crippen molar-refractivity contribution in [1.29, 1.82) is 0 Å². The van der Waals surface area contributed by atoms with Crippen molar-refractivity contribution in [1.82, 2.24) is 9.47 Å². The van der Waals surface area contributed by atoms with E-state index >= 15 is 0 Å². The third-order valence-electron chi connectivity index (χ3n) is 3.42. The fraction of sp³-hybridized carbons (Fsp3) is 0.571. The first-order valence-electron chi connectivity index (χ1n) is 6.72. The molecule has 0 bridgehead atoms. The molecule has 0 N–H and O–H groups in total. The predicted octanol–water partition coefficient (Wildman–Crippen LogP) is 2.50. The average molecular weight is 299 g/mol. The van der Waals surface area contributed by atoms with E-state index in [0.29, 0.717) is 36.1 Å². The Labute approximate surface area is 123 Å². The Morgan fingerprint density at radius 3 is 2.80 bits per heavy atom. The van der Waals surface area contributed by atoms with Gasteiger partial charge in [0.2, 0.25) is 0 Å². The second kappa shape index (κ2) is 6.31. The molecule has 1 amide bonds. The zero-order valence-corrected chi connectivity index (χ0v) is 12.5. The summed E-state index contributed by atoms with van der Waals surface area (Å²) < 4.78 is 6.54. The van der Waals surface area contributed by atoms with E-state index in [2.05, 4.69) is 4.74 Å². The number of carbonyl (C=O) groups is 2. The number of hydrogen-bond acceptors (Lipinski definition) is 3. The smallest absolute Gasteiger partial charge is 0.305 e. The van der Waals surface area contributed by atoms with Crippen LogP contribution in [0.2, 0.25) is 5.02 Å². The van der Waals surface area contributed by atoms with Crippen LogP contribution < -0.4 is 0 Å². The molecular formula is C14H19ClN2O3. The second-order valence-electron chi connectivity index (χ2n) is 5.09. The molecular weight excluding hydrogens is 280 g/mol. The molecule has 0 radical (unpaired) electrons. The number of esters is 1. The minimum atomic E-state index is -0.254. The minimum absolute atomic E-state index is 0.0614. The highest BCUT2D eigenvalue weighted by atomic mass is 35.5. The summed E-state index contributed by atoms with van der Waals surface area (Å²) in [6, 6.07) is 2.11. The lowest BCUT2D eigenvalue weighted by Gasteiger charge is -2.18. The molecule has 1 aromatic heterocycles. The maximum atomic E-state index is 12.4. The lowest BCUT2D eigenvalue weighted by molar-refractivity contribution is -0.140. The van der Waals surface area contributed by atoms with Gasteiger partial charge in [-0.3, -0.25) is 9.59 Å². The van der Waals surface area contributed by atoms with Crippen molar-refractivity contribution < 1.29 is 14.3 Å². The Bertz CT molecular complexity index is 509. The van der Waals surface area contributed by atoms with Crippen LogP contribution in [0.5, 0.6) is 0 Å². The summed E-state index contributed by atoms with van der Waals surface area (Å²) in [5.74, 6) is -0.316. The fourth-order valence-corrected chi connectivity index (χ4v) is 2.34. The highest BCUT2D eigenvalue weighted by Crippen LogP contribution is 2.37. The Morgan fingerprint density at radius 2 is 2.20 bits per heavy atom. The highest BCUT2D eigenvalue weighted by Gasteiger charge is 2.28. The van der Waals surface area contributed by atoms with Crippen LogP contribution in [0.15, 0.2) is 12.3 Å². The van der Waals surface area contributed by atoms with Gasteiger partial charge in [0.05, 0.1) is 12.1 Å². The van der Waals surface area contributed by atoms with Crippen molar-refractivity contribution >= 4 is 23.5 Å². The molecule has 1 aliphatic carbocycles. The summed E-state index contributed by atoms with van der Waals surface area (Å²) in [6.07, 6.45) is 4.91. The van der Waals surface area contributed by atoms with Gasteiger partial charge in [0.15, 0.2) is 0 Å². The van der Waals surface area contributed by atoms with Gasteiger partial charge < -0.3 is 14.2 Å². The van der Waals surface area contributed by atoms with E-state index in [1.54, 1.807) is 18.0 Å². The first kappa shape index (κ1) is 14.9. The molecule has 5 nitrogen and oxygen atoms in total. The van der Waals surface area contributed by atoms with Gasteiger partial charge in [-0.15, -0.1) is 0 Å². The van der Waals surface area contributed by atoms with Gasteiger partial charge in [-0.25, -0.2) is 0 Å². The molecule has 1 aromatic rings. The largest absolute Gasteiger partial charge is 0.469 e. The Kier molecular flexibility index (Phi) is 4.70. The number of ether oxygens (including phenoxy) is 1. The standard InChI is InChI=1S/C14H19ClN2O3/c1-16(7-3-4-13(18)20-2)14(19)12-8-10(15)9-17(12)11-5-6-11/h8-9,11H,3-7H2,1-2H3. The Balaban J connectivity index is 1.94. The molecule has 2 rings (SSSR count). The molecule has 1 saturated carbocycles. The molecule has 0 atom stereocenters. The number of halogens is 1. The number of nitrogens with zero attached hydrogens (tertiary/aromatic N) is 2. The molecule has 6 heteroatoms. The monoisotopic (exact) mass is 298 g/mol. The van der Waals surface area contributed by atoms with Crippen molar-refractivity contribution in [3.63, 3.8) is 0 Å². The van der Waals surface area contributed by atoms with Crippen LogP contribution in [-0.4, -0.2) is 42.0 Å². The summed E-state index contributed by atoms with van der Waals surface area (Å²) in [6.45, 7) is 0.515. The number of aromatic nitrogens is 1. The molecule has 1 fully saturated rings. The molecule has 0 aromatic carbocycles. The molecule has 0 saturated heterocycles. The van der Waals surface area contributed by atoms with Gasteiger partial charge in [-0.05, 0) is 25.3 Å². The lowest BCUT2D eigenvalue weighted by atomic mass is 10.3. The van der Waals surface area contributed by atoms with Gasteiger partial charge in [0.1, 0.15) is 5.69 Å². The van der Waals surface area contributed by atoms with Crippen molar-refractivity contribution in [3.05, 3.63) is 23.0 Å². The topological polar surface area (TPSA) is 51.5 Å². The van der Waals surface area contributed by atoms with E-state index in [0.717, 1.165) is 12.8 Å². The second-order valence-corrected chi connectivity index (χ2v) is 5.52. The van der Waals surface area contributed by atoms with Crippen LogP contribution >= 0.6 is 11.6 Å². The highest BCUT2D eigenvalue weighted by molar-refractivity contribution is 6.31. The summed E-state index contributed by atoms with van der Waals surface area (Å²) in [4.78, 5) is 25.0. The van der Waals surface area contributed by atoms with Crippen LogP contribution in [0.4, 0.5) is 0 Å². The average Bonchev–Trinajstić information content (AvgIpc) is 3.20. The summed E-state index contributed by atoms with van der Waals surface area (Å²) >= 11 is 6.00.